The smallest absolute Gasteiger partial charge is 0.339 e. The van der Waals surface area contributed by atoms with Gasteiger partial charge >= 0.3 is 10.1 Å². The third-order valence-electron chi connectivity index (χ3n) is 5.59. The lowest BCUT2D eigenvalue weighted by Gasteiger charge is -2.13. The van der Waals surface area contributed by atoms with Crippen molar-refractivity contribution in [3.63, 3.8) is 0 Å². The Morgan fingerprint density at radius 1 is 0.927 bits per heavy atom. The van der Waals surface area contributed by atoms with Gasteiger partial charge in [0.2, 0.25) is 0 Å². The first-order chi connectivity index (χ1) is 19.7. The summed E-state index contributed by atoms with van der Waals surface area (Å²) in [4.78, 5) is 12.7. The first kappa shape index (κ1) is 30.2. The van der Waals surface area contributed by atoms with E-state index in [1.165, 1.54) is 50.8 Å². The van der Waals surface area contributed by atoms with Gasteiger partial charge in [-0.1, -0.05) is 41.9 Å². The highest BCUT2D eigenvalue weighted by atomic mass is 127. The van der Waals surface area contributed by atoms with Crippen molar-refractivity contribution >= 4 is 56.4 Å². The molecule has 0 heterocycles. The number of amides is 1. The second-order valence-corrected chi connectivity index (χ2v) is 11.5. The van der Waals surface area contributed by atoms with Crippen molar-refractivity contribution in [2.45, 2.75) is 11.5 Å². The molecule has 0 bridgehead atoms. The summed E-state index contributed by atoms with van der Waals surface area (Å²) in [7, 11) is -1.26. The van der Waals surface area contributed by atoms with Crippen LogP contribution in [-0.4, -0.2) is 34.8 Å². The first-order valence-corrected chi connectivity index (χ1v) is 14.8. The summed E-state index contributed by atoms with van der Waals surface area (Å²) >= 11 is 7.78. The normalized spacial score (nSPS) is 11.2. The number of hydrogen-bond donors (Lipinski definition) is 1. The number of benzene rings is 4. The molecule has 0 saturated carbocycles. The minimum atomic E-state index is -4.14. The van der Waals surface area contributed by atoms with Crippen molar-refractivity contribution < 1.29 is 31.6 Å². The van der Waals surface area contributed by atoms with Gasteiger partial charge in [0.05, 0.1) is 24.0 Å². The van der Waals surface area contributed by atoms with Crippen LogP contribution in [0, 0.1) is 3.57 Å². The summed E-state index contributed by atoms with van der Waals surface area (Å²) in [5.74, 6) is 0.619. The zero-order valence-electron chi connectivity index (χ0n) is 21.8. The lowest BCUT2D eigenvalue weighted by Crippen LogP contribution is -2.17. The Kier molecular flexibility index (Phi) is 10.1. The lowest BCUT2D eigenvalue weighted by molar-refractivity contribution is 0.0954. The summed E-state index contributed by atoms with van der Waals surface area (Å²) in [5, 5.41) is 4.42. The number of carbonyl (C=O) groups is 1. The Morgan fingerprint density at radius 2 is 1.63 bits per heavy atom. The number of halogens is 2. The highest BCUT2D eigenvalue weighted by Crippen LogP contribution is 2.36. The van der Waals surface area contributed by atoms with Gasteiger partial charge in [0.25, 0.3) is 5.91 Å². The molecule has 4 rings (SSSR count). The molecular weight excluding hydrogens is 683 g/mol. The number of hydrogen-bond acceptors (Lipinski definition) is 8. The number of hydrazone groups is 1. The van der Waals surface area contributed by atoms with Gasteiger partial charge in [-0.25, -0.2) is 5.43 Å². The Morgan fingerprint density at radius 3 is 2.32 bits per heavy atom. The fraction of sp³-hybridized carbons (Fsp3) is 0.103. The van der Waals surface area contributed by atoms with Gasteiger partial charge < -0.3 is 18.4 Å². The second kappa shape index (κ2) is 13.7. The van der Waals surface area contributed by atoms with Crippen LogP contribution in [-0.2, 0) is 16.7 Å². The van der Waals surface area contributed by atoms with Gasteiger partial charge in [-0.15, -0.1) is 0 Å². The van der Waals surface area contributed by atoms with Crippen molar-refractivity contribution in [1.29, 1.82) is 0 Å². The molecule has 212 valence electrons. The SMILES string of the molecule is COc1cc(C(=O)N/N=C/c2cc(I)c(OS(=O)(=O)c3ccc(Cl)cc3)c(OC)c2)ccc1OCc1ccccc1. The third kappa shape index (κ3) is 7.90. The fourth-order valence-electron chi connectivity index (χ4n) is 3.55. The predicted molar refractivity (Wildman–Crippen MR) is 164 cm³/mol. The van der Waals surface area contributed by atoms with Crippen LogP contribution in [0.1, 0.15) is 21.5 Å². The molecule has 4 aromatic rings. The first-order valence-electron chi connectivity index (χ1n) is 12.0. The number of methoxy groups -OCH3 is 2. The summed E-state index contributed by atoms with van der Waals surface area (Å²) in [5.41, 5.74) is 4.31. The van der Waals surface area contributed by atoms with E-state index in [2.05, 4.69) is 10.5 Å². The molecule has 9 nitrogen and oxygen atoms in total. The summed E-state index contributed by atoms with van der Waals surface area (Å²) < 4.78 is 47.9. The third-order valence-corrected chi connectivity index (χ3v) is 7.88. The van der Waals surface area contributed by atoms with Crippen molar-refractivity contribution in [3.05, 3.63) is 110 Å². The van der Waals surface area contributed by atoms with Crippen LogP contribution < -0.4 is 23.8 Å². The van der Waals surface area contributed by atoms with E-state index in [4.69, 9.17) is 30.0 Å². The summed E-state index contributed by atoms with van der Waals surface area (Å²) in [6.45, 7) is 0.353. The Labute approximate surface area is 256 Å². The number of carbonyl (C=O) groups excluding carboxylic acids is 1. The van der Waals surface area contributed by atoms with Crippen LogP contribution >= 0.6 is 34.2 Å². The van der Waals surface area contributed by atoms with Crippen molar-refractivity contribution in [2.24, 2.45) is 5.10 Å². The largest absolute Gasteiger partial charge is 0.493 e. The van der Waals surface area contributed by atoms with E-state index < -0.39 is 16.0 Å². The second-order valence-electron chi connectivity index (χ2n) is 8.36. The van der Waals surface area contributed by atoms with E-state index in [-0.39, 0.29) is 16.4 Å². The predicted octanol–water partition coefficient (Wildman–Crippen LogP) is 6.07. The fourth-order valence-corrected chi connectivity index (χ4v) is 5.52. The van der Waals surface area contributed by atoms with E-state index in [1.807, 2.05) is 52.9 Å². The van der Waals surface area contributed by atoms with E-state index >= 15 is 0 Å². The van der Waals surface area contributed by atoms with E-state index in [0.717, 1.165) is 5.56 Å². The van der Waals surface area contributed by atoms with Gasteiger partial charge in [-0.3, -0.25) is 4.79 Å². The molecule has 0 aliphatic rings. The van der Waals surface area contributed by atoms with E-state index in [0.29, 0.717) is 37.8 Å². The molecule has 0 unspecified atom stereocenters. The summed E-state index contributed by atoms with van der Waals surface area (Å²) in [6, 6.07) is 23.3. The Balaban J connectivity index is 1.44. The van der Waals surface area contributed by atoms with Gasteiger partial charge in [0.1, 0.15) is 11.5 Å². The average molecular weight is 707 g/mol. The minimum absolute atomic E-state index is 0.0194. The summed E-state index contributed by atoms with van der Waals surface area (Å²) in [6.07, 6.45) is 1.40. The molecule has 0 spiro atoms. The quantitative estimate of drug-likeness (QED) is 0.0872. The van der Waals surface area contributed by atoms with Crippen LogP contribution in [0.5, 0.6) is 23.0 Å². The zero-order valence-corrected chi connectivity index (χ0v) is 25.6. The highest BCUT2D eigenvalue weighted by molar-refractivity contribution is 14.1. The van der Waals surface area contributed by atoms with Crippen LogP contribution in [0.15, 0.2) is 94.9 Å². The maximum absolute atomic E-state index is 12.8. The van der Waals surface area contributed by atoms with Gasteiger partial charge in [-0.05, 0) is 88.3 Å². The molecule has 0 fully saturated rings. The minimum Gasteiger partial charge on any atom is -0.493 e. The van der Waals surface area contributed by atoms with E-state index in [9.17, 15) is 13.2 Å². The molecule has 0 radical (unpaired) electrons. The molecule has 0 aliphatic heterocycles. The molecule has 1 N–H and O–H groups in total. The zero-order chi connectivity index (χ0) is 29.4. The molecule has 0 saturated heterocycles. The number of ether oxygens (including phenoxy) is 3. The number of rotatable bonds is 11. The number of nitrogens with one attached hydrogen (secondary N) is 1. The van der Waals surface area contributed by atoms with Gasteiger partial charge in [-0.2, -0.15) is 13.5 Å². The van der Waals surface area contributed by atoms with E-state index in [1.54, 1.807) is 24.3 Å². The average Bonchev–Trinajstić information content (AvgIpc) is 2.97. The molecule has 0 aromatic heterocycles. The molecule has 0 atom stereocenters. The van der Waals surface area contributed by atoms with Gasteiger partial charge in [0.15, 0.2) is 23.0 Å². The number of nitrogens with zero attached hydrogens (tertiary/aromatic N) is 1. The maximum Gasteiger partial charge on any atom is 0.339 e. The van der Waals surface area contributed by atoms with Crippen LogP contribution in [0.4, 0.5) is 0 Å². The molecule has 1 amide bonds. The molecular formula is C29H24ClIN2O7S. The molecule has 0 aliphatic carbocycles. The van der Waals surface area contributed by atoms with Gasteiger partial charge in [0, 0.05) is 10.6 Å². The lowest BCUT2D eigenvalue weighted by atomic mass is 10.2. The van der Waals surface area contributed by atoms with Crippen molar-refractivity contribution in [2.75, 3.05) is 14.2 Å². The maximum atomic E-state index is 12.8. The Bertz CT molecular complexity index is 1670. The van der Waals surface area contributed by atoms with Crippen LogP contribution in [0.2, 0.25) is 5.02 Å². The standard InChI is InChI=1S/C29H24ClIN2O7S/c1-37-26-16-21(8-13-25(26)39-18-19-6-4-3-5-7-19)29(34)33-32-17-20-14-24(31)28(27(15-20)38-2)40-41(35,36)23-11-9-22(30)10-12-23/h3-17H,18H2,1-2H3,(H,33,34)/b32-17+. The van der Waals surface area contributed by atoms with Crippen molar-refractivity contribution in [1.82, 2.24) is 5.43 Å². The highest BCUT2D eigenvalue weighted by Gasteiger charge is 2.22. The molecule has 41 heavy (non-hydrogen) atoms. The Hall–Kier alpha value is -3.81. The molecule has 4 aromatic carbocycles. The van der Waals surface area contributed by atoms with Crippen LogP contribution in [0.3, 0.4) is 0 Å². The van der Waals surface area contributed by atoms with Crippen LogP contribution in [0.25, 0.3) is 0 Å². The monoisotopic (exact) mass is 706 g/mol. The molecule has 12 heteroatoms. The topological polar surface area (TPSA) is 113 Å². The van der Waals surface area contributed by atoms with Crippen molar-refractivity contribution in [3.8, 4) is 23.0 Å².